The molecule has 1 aliphatic rings. The third kappa shape index (κ3) is 3.59. The van der Waals surface area contributed by atoms with Crippen LogP contribution in [0.25, 0.3) is 0 Å². The van der Waals surface area contributed by atoms with Crippen LogP contribution in [0.15, 0.2) is 18.2 Å². The molecule has 0 amide bonds. The number of nitrogens with zero attached hydrogens (tertiary/aromatic N) is 1. The second-order valence-corrected chi connectivity index (χ2v) is 6.62. The van der Waals surface area contributed by atoms with E-state index in [-0.39, 0.29) is 5.75 Å². The predicted molar refractivity (Wildman–Crippen MR) is 75.5 cm³/mol. The lowest BCUT2D eigenvalue weighted by atomic mass is 10.2. The highest BCUT2D eigenvalue weighted by molar-refractivity contribution is 7.92. The maximum atomic E-state index is 13.3. The summed E-state index contributed by atoms with van der Waals surface area (Å²) < 4.78 is 39.5. The van der Waals surface area contributed by atoms with Crippen molar-refractivity contribution in [1.82, 2.24) is 0 Å². The molecule has 0 aromatic heterocycles. The van der Waals surface area contributed by atoms with E-state index in [2.05, 4.69) is 9.62 Å². The van der Waals surface area contributed by atoms with E-state index in [4.69, 9.17) is 0 Å². The Morgan fingerprint density at radius 1 is 1.32 bits per heavy atom. The highest BCUT2D eigenvalue weighted by atomic mass is 32.2. The van der Waals surface area contributed by atoms with Gasteiger partial charge in [-0.3, -0.25) is 4.72 Å². The summed E-state index contributed by atoms with van der Waals surface area (Å²) in [5, 5.41) is 0. The average molecular weight is 286 g/mol. The molecule has 1 aromatic carbocycles. The molecule has 1 saturated heterocycles. The Morgan fingerprint density at radius 3 is 2.63 bits per heavy atom. The fraction of sp³-hybridized carbons (Fsp3) is 0.538. The summed E-state index contributed by atoms with van der Waals surface area (Å²) in [5.74, 6) is -0.389. The first kappa shape index (κ1) is 14.1. The molecule has 4 nitrogen and oxygen atoms in total. The predicted octanol–water partition coefficient (Wildman–Crippen LogP) is 2.58. The molecule has 2 rings (SSSR count). The molecule has 0 bridgehead atoms. The molecule has 0 radical (unpaired) electrons. The van der Waals surface area contributed by atoms with Gasteiger partial charge in [-0.15, -0.1) is 0 Å². The topological polar surface area (TPSA) is 49.4 Å². The molecule has 1 N–H and O–H groups in total. The van der Waals surface area contributed by atoms with Crippen LogP contribution in [-0.4, -0.2) is 27.3 Å². The molecule has 1 aliphatic heterocycles. The van der Waals surface area contributed by atoms with Crippen LogP contribution in [0.5, 0.6) is 0 Å². The minimum absolute atomic E-state index is 0.0446. The van der Waals surface area contributed by atoms with Gasteiger partial charge in [-0.05, 0) is 31.4 Å². The van der Waals surface area contributed by atoms with Crippen LogP contribution in [-0.2, 0) is 10.0 Å². The van der Waals surface area contributed by atoms with Crippen molar-refractivity contribution in [3.05, 3.63) is 24.0 Å². The van der Waals surface area contributed by atoms with E-state index in [1.54, 1.807) is 13.0 Å². The van der Waals surface area contributed by atoms with Gasteiger partial charge in [-0.2, -0.15) is 0 Å². The van der Waals surface area contributed by atoms with Crippen LogP contribution >= 0.6 is 0 Å². The van der Waals surface area contributed by atoms with Gasteiger partial charge in [-0.25, -0.2) is 12.8 Å². The van der Waals surface area contributed by atoms with E-state index in [9.17, 15) is 12.8 Å². The van der Waals surface area contributed by atoms with Crippen molar-refractivity contribution in [2.75, 3.05) is 28.5 Å². The van der Waals surface area contributed by atoms with E-state index >= 15 is 0 Å². The van der Waals surface area contributed by atoms with E-state index < -0.39 is 15.8 Å². The molecule has 6 heteroatoms. The zero-order valence-electron chi connectivity index (χ0n) is 11.0. The summed E-state index contributed by atoms with van der Waals surface area (Å²) in [6.45, 7) is 3.56. The smallest absolute Gasteiger partial charge is 0.232 e. The van der Waals surface area contributed by atoms with Gasteiger partial charge in [-0.1, -0.05) is 6.92 Å². The van der Waals surface area contributed by atoms with Gasteiger partial charge in [0.05, 0.1) is 17.1 Å². The van der Waals surface area contributed by atoms with Crippen molar-refractivity contribution in [1.29, 1.82) is 0 Å². The molecular formula is C13H19FN2O2S. The number of hydrogen-bond acceptors (Lipinski definition) is 3. The molecule has 0 spiro atoms. The first-order valence-electron chi connectivity index (χ1n) is 6.57. The van der Waals surface area contributed by atoms with Gasteiger partial charge in [0.25, 0.3) is 0 Å². The maximum Gasteiger partial charge on any atom is 0.232 e. The van der Waals surface area contributed by atoms with Crippen LogP contribution in [0, 0.1) is 5.82 Å². The van der Waals surface area contributed by atoms with E-state index in [1.807, 2.05) is 0 Å². The zero-order chi connectivity index (χ0) is 13.9. The van der Waals surface area contributed by atoms with Gasteiger partial charge in [0.2, 0.25) is 10.0 Å². The summed E-state index contributed by atoms with van der Waals surface area (Å²) in [6.07, 6.45) is 2.70. The Balaban J connectivity index is 2.29. The summed E-state index contributed by atoms with van der Waals surface area (Å²) in [7, 11) is -3.40. The van der Waals surface area contributed by atoms with Gasteiger partial charge in [0.1, 0.15) is 5.82 Å². The Hall–Kier alpha value is -1.30. The summed E-state index contributed by atoms with van der Waals surface area (Å²) >= 11 is 0. The minimum Gasteiger partial charge on any atom is -0.370 e. The van der Waals surface area contributed by atoms with E-state index in [1.165, 1.54) is 12.1 Å². The maximum absolute atomic E-state index is 13.3. The molecular weight excluding hydrogens is 267 g/mol. The summed E-state index contributed by atoms with van der Waals surface area (Å²) in [5.41, 5.74) is 1.11. The number of benzene rings is 1. The monoisotopic (exact) mass is 286 g/mol. The fourth-order valence-electron chi connectivity index (χ4n) is 2.31. The number of sulfonamides is 1. The second kappa shape index (κ2) is 5.77. The molecule has 0 unspecified atom stereocenters. The lowest BCUT2D eigenvalue weighted by molar-refractivity contribution is 0.599. The Morgan fingerprint density at radius 2 is 2.00 bits per heavy atom. The number of nitrogens with one attached hydrogen (secondary N) is 1. The van der Waals surface area contributed by atoms with Crippen LogP contribution < -0.4 is 9.62 Å². The molecule has 0 saturated carbocycles. The quantitative estimate of drug-likeness (QED) is 0.905. The summed E-state index contributed by atoms with van der Waals surface area (Å²) in [6, 6.07) is 4.26. The number of hydrogen-bond donors (Lipinski definition) is 1. The van der Waals surface area contributed by atoms with Crippen molar-refractivity contribution < 1.29 is 12.8 Å². The largest absolute Gasteiger partial charge is 0.370 e. The fourth-order valence-corrected chi connectivity index (χ4v) is 3.45. The van der Waals surface area contributed by atoms with Crippen molar-refractivity contribution in [3.63, 3.8) is 0 Å². The lowest BCUT2D eigenvalue weighted by Crippen LogP contribution is -2.22. The minimum atomic E-state index is -3.40. The molecule has 19 heavy (non-hydrogen) atoms. The Kier molecular flexibility index (Phi) is 4.29. The normalized spacial score (nSPS) is 15.8. The van der Waals surface area contributed by atoms with Crippen molar-refractivity contribution in [2.24, 2.45) is 0 Å². The number of anilines is 2. The van der Waals surface area contributed by atoms with Gasteiger partial charge >= 0.3 is 0 Å². The van der Waals surface area contributed by atoms with Crippen LogP contribution in [0.3, 0.4) is 0 Å². The SMILES string of the molecule is CCCS(=O)(=O)Nc1cc(F)ccc1N1CCCC1. The lowest BCUT2D eigenvalue weighted by Gasteiger charge is -2.22. The summed E-state index contributed by atoms with van der Waals surface area (Å²) in [4.78, 5) is 2.09. The number of halogens is 1. The van der Waals surface area contributed by atoms with Crippen LogP contribution in [0.4, 0.5) is 15.8 Å². The highest BCUT2D eigenvalue weighted by Gasteiger charge is 2.19. The Bertz CT molecular complexity index is 540. The van der Waals surface area contributed by atoms with E-state index in [0.29, 0.717) is 12.1 Å². The molecule has 1 fully saturated rings. The number of rotatable bonds is 5. The van der Waals surface area contributed by atoms with Gasteiger partial charge in [0, 0.05) is 19.2 Å². The third-order valence-electron chi connectivity index (χ3n) is 3.14. The third-order valence-corrected chi connectivity index (χ3v) is 4.62. The van der Waals surface area contributed by atoms with Gasteiger partial charge < -0.3 is 4.90 Å². The van der Waals surface area contributed by atoms with Crippen molar-refractivity contribution in [2.45, 2.75) is 26.2 Å². The van der Waals surface area contributed by atoms with Crippen LogP contribution in [0.2, 0.25) is 0 Å². The highest BCUT2D eigenvalue weighted by Crippen LogP contribution is 2.30. The van der Waals surface area contributed by atoms with E-state index in [0.717, 1.165) is 31.6 Å². The molecule has 0 atom stereocenters. The zero-order valence-corrected chi connectivity index (χ0v) is 11.8. The first-order chi connectivity index (χ1) is 9.02. The van der Waals surface area contributed by atoms with Crippen LogP contribution in [0.1, 0.15) is 26.2 Å². The molecule has 1 heterocycles. The average Bonchev–Trinajstić information content (AvgIpc) is 2.81. The molecule has 106 valence electrons. The standard InChI is InChI=1S/C13H19FN2O2S/c1-2-9-19(17,18)15-12-10-11(14)5-6-13(12)16-7-3-4-8-16/h5-6,10,15H,2-4,7-9H2,1H3. The van der Waals surface area contributed by atoms with Gasteiger partial charge in [0.15, 0.2) is 0 Å². The first-order valence-corrected chi connectivity index (χ1v) is 8.22. The molecule has 0 aliphatic carbocycles. The van der Waals surface area contributed by atoms with Crippen molar-refractivity contribution >= 4 is 21.4 Å². The Labute approximate surface area is 113 Å². The molecule has 1 aromatic rings. The van der Waals surface area contributed by atoms with Crippen molar-refractivity contribution in [3.8, 4) is 0 Å². The second-order valence-electron chi connectivity index (χ2n) is 4.78.